The first-order valence-corrected chi connectivity index (χ1v) is 6.58. The number of nitrogens with zero attached hydrogens (tertiary/aromatic N) is 2. The number of phenolic OH excluding ortho intramolecular Hbond substituents is 1. The molecule has 0 unspecified atom stereocenters. The largest absolute Gasteiger partial charge is 0.504 e. The number of amides is 1. The van der Waals surface area contributed by atoms with Gasteiger partial charge in [-0.3, -0.25) is 9.69 Å². The normalized spacial score (nSPS) is 17.2. The van der Waals surface area contributed by atoms with Crippen LogP contribution in [0.15, 0.2) is 23.9 Å². The lowest BCUT2D eigenvalue weighted by Gasteiger charge is -2.13. The van der Waals surface area contributed by atoms with Gasteiger partial charge in [-0.15, -0.1) is 0 Å². The predicted molar refractivity (Wildman–Crippen MR) is 80.4 cm³/mol. The molecule has 0 radical (unpaired) electrons. The second kappa shape index (κ2) is 5.50. The maximum atomic E-state index is 12.2. The molecule has 5 nitrogen and oxygen atoms in total. The van der Waals surface area contributed by atoms with Crippen molar-refractivity contribution in [3.8, 4) is 11.5 Å². The van der Waals surface area contributed by atoms with Gasteiger partial charge in [0.2, 0.25) is 0 Å². The molecule has 2 rings (SSSR count). The lowest BCUT2D eigenvalue weighted by atomic mass is 10.1. The zero-order chi connectivity index (χ0) is 14.9. The first-order valence-electron chi connectivity index (χ1n) is 6.17. The predicted octanol–water partition coefficient (Wildman–Crippen LogP) is 1.82. The van der Waals surface area contributed by atoms with Crippen molar-refractivity contribution >= 4 is 29.3 Å². The van der Waals surface area contributed by atoms with Crippen molar-refractivity contribution in [2.45, 2.75) is 6.92 Å². The van der Waals surface area contributed by atoms with Crippen molar-refractivity contribution in [3.63, 3.8) is 0 Å². The van der Waals surface area contributed by atoms with Crippen LogP contribution in [0, 0.1) is 0 Å². The molecule has 0 spiro atoms. The molecular weight excluding hydrogens is 276 g/mol. The van der Waals surface area contributed by atoms with Crippen LogP contribution in [-0.4, -0.2) is 46.6 Å². The number of likely N-dealkylation sites (N-methyl/N-ethyl adjacent to an activating group) is 2. The van der Waals surface area contributed by atoms with Gasteiger partial charge in [0.05, 0.1) is 7.11 Å². The smallest absolute Gasteiger partial charge is 0.276 e. The number of thiocarbonyl (C=S) groups is 1. The third-order valence-electron chi connectivity index (χ3n) is 3.17. The molecule has 1 amide bonds. The highest BCUT2D eigenvalue weighted by Gasteiger charge is 2.34. The minimum Gasteiger partial charge on any atom is -0.504 e. The Morgan fingerprint density at radius 2 is 2.15 bits per heavy atom. The molecule has 1 aliphatic heterocycles. The van der Waals surface area contributed by atoms with Gasteiger partial charge in [0, 0.05) is 13.6 Å². The maximum Gasteiger partial charge on any atom is 0.276 e. The summed E-state index contributed by atoms with van der Waals surface area (Å²) in [6.45, 7) is 2.41. The molecule has 1 saturated heterocycles. The molecule has 6 heteroatoms. The van der Waals surface area contributed by atoms with Gasteiger partial charge in [0.1, 0.15) is 5.70 Å². The molecule has 0 bridgehead atoms. The van der Waals surface area contributed by atoms with Crippen LogP contribution in [0.1, 0.15) is 12.5 Å². The lowest BCUT2D eigenvalue weighted by molar-refractivity contribution is -0.122. The molecule has 20 heavy (non-hydrogen) atoms. The molecule has 1 aromatic rings. The topological polar surface area (TPSA) is 53.0 Å². The average Bonchev–Trinajstić information content (AvgIpc) is 2.63. The van der Waals surface area contributed by atoms with Crippen molar-refractivity contribution in [1.29, 1.82) is 0 Å². The van der Waals surface area contributed by atoms with Crippen LogP contribution in [0.25, 0.3) is 6.08 Å². The number of phenols is 1. The van der Waals surface area contributed by atoms with Crippen molar-refractivity contribution < 1.29 is 14.6 Å². The van der Waals surface area contributed by atoms with Crippen LogP contribution < -0.4 is 4.74 Å². The highest BCUT2D eigenvalue weighted by atomic mass is 32.1. The summed E-state index contributed by atoms with van der Waals surface area (Å²) in [5, 5.41) is 10.2. The van der Waals surface area contributed by atoms with E-state index in [0.717, 1.165) is 0 Å². The number of rotatable bonds is 3. The monoisotopic (exact) mass is 292 g/mol. The number of methoxy groups -OCH3 is 1. The third kappa shape index (κ3) is 2.34. The molecular formula is C14H16N2O3S. The summed E-state index contributed by atoms with van der Waals surface area (Å²) in [7, 11) is 3.24. The van der Waals surface area contributed by atoms with Gasteiger partial charge in [-0.2, -0.15) is 0 Å². The molecule has 1 heterocycles. The van der Waals surface area contributed by atoms with E-state index in [1.807, 2.05) is 6.92 Å². The van der Waals surface area contributed by atoms with Crippen molar-refractivity contribution in [2.75, 3.05) is 20.7 Å². The van der Waals surface area contributed by atoms with Crippen LogP contribution >= 0.6 is 12.2 Å². The van der Waals surface area contributed by atoms with Gasteiger partial charge in [-0.1, -0.05) is 6.07 Å². The van der Waals surface area contributed by atoms with Crippen molar-refractivity contribution in [1.82, 2.24) is 9.80 Å². The van der Waals surface area contributed by atoms with E-state index in [0.29, 0.717) is 28.7 Å². The maximum absolute atomic E-state index is 12.2. The Morgan fingerprint density at radius 3 is 2.65 bits per heavy atom. The highest BCUT2D eigenvalue weighted by Crippen LogP contribution is 2.28. The Balaban J connectivity index is 2.38. The van der Waals surface area contributed by atoms with Crippen LogP contribution in [0.3, 0.4) is 0 Å². The van der Waals surface area contributed by atoms with E-state index < -0.39 is 0 Å². The summed E-state index contributed by atoms with van der Waals surface area (Å²) in [6, 6.07) is 4.96. The van der Waals surface area contributed by atoms with E-state index >= 15 is 0 Å². The first-order chi connectivity index (χ1) is 9.49. The Bertz CT molecular complexity index is 598. The molecule has 1 N–H and O–H groups in total. The molecule has 1 aliphatic rings. The van der Waals surface area contributed by atoms with Crippen LogP contribution in [0.5, 0.6) is 11.5 Å². The summed E-state index contributed by atoms with van der Waals surface area (Å²) in [5.41, 5.74) is 1.20. The number of carbonyl (C=O) groups excluding carboxylic acids is 1. The van der Waals surface area contributed by atoms with Crippen LogP contribution in [0.2, 0.25) is 0 Å². The quantitative estimate of drug-likeness (QED) is 0.680. The minimum absolute atomic E-state index is 0.0323. The minimum atomic E-state index is -0.129. The Kier molecular flexibility index (Phi) is 3.94. The number of aromatic hydroxyl groups is 1. The molecule has 106 valence electrons. The molecule has 0 aromatic heterocycles. The average molecular weight is 292 g/mol. The standard InChI is InChI=1S/C14H16N2O3S/c1-4-16-13(18)10(15(2)14(16)20)7-9-5-6-12(19-3)11(17)8-9/h5-8,17H,4H2,1-3H3/b10-7-. The van der Waals surface area contributed by atoms with E-state index in [1.54, 1.807) is 36.2 Å². The summed E-state index contributed by atoms with van der Waals surface area (Å²) < 4.78 is 4.99. The molecule has 0 saturated carbocycles. The number of hydrogen-bond acceptors (Lipinski definition) is 4. The van der Waals surface area contributed by atoms with Gasteiger partial charge in [0.25, 0.3) is 5.91 Å². The van der Waals surface area contributed by atoms with Gasteiger partial charge in [-0.05, 0) is 42.9 Å². The van der Waals surface area contributed by atoms with Gasteiger partial charge >= 0.3 is 0 Å². The second-order valence-electron chi connectivity index (χ2n) is 4.35. The fourth-order valence-corrected chi connectivity index (χ4v) is 2.36. The summed E-state index contributed by atoms with van der Waals surface area (Å²) in [5.74, 6) is 0.295. The number of carbonyl (C=O) groups is 1. The molecule has 1 fully saturated rings. The van der Waals surface area contributed by atoms with E-state index in [-0.39, 0.29) is 11.7 Å². The van der Waals surface area contributed by atoms with Crippen LogP contribution in [-0.2, 0) is 4.79 Å². The van der Waals surface area contributed by atoms with Crippen molar-refractivity contribution in [3.05, 3.63) is 29.5 Å². The van der Waals surface area contributed by atoms with E-state index in [2.05, 4.69) is 0 Å². The molecule has 0 atom stereocenters. The number of benzene rings is 1. The van der Waals surface area contributed by atoms with E-state index in [1.165, 1.54) is 12.0 Å². The Morgan fingerprint density at radius 1 is 1.45 bits per heavy atom. The highest BCUT2D eigenvalue weighted by molar-refractivity contribution is 7.80. The molecule has 0 aliphatic carbocycles. The fraction of sp³-hybridized carbons (Fsp3) is 0.286. The SMILES string of the molecule is CCN1C(=O)/C(=C/c2ccc(OC)c(O)c2)N(C)C1=S. The van der Waals surface area contributed by atoms with Gasteiger partial charge in [0.15, 0.2) is 16.6 Å². The van der Waals surface area contributed by atoms with Gasteiger partial charge < -0.3 is 14.7 Å². The number of ether oxygens (including phenoxy) is 1. The van der Waals surface area contributed by atoms with Crippen LogP contribution in [0.4, 0.5) is 0 Å². The number of hydrogen-bond donors (Lipinski definition) is 1. The Labute approximate surface area is 123 Å². The molecule has 1 aromatic carbocycles. The summed E-state index contributed by atoms with van der Waals surface area (Å²) in [6.07, 6.45) is 1.70. The summed E-state index contributed by atoms with van der Waals surface area (Å²) in [4.78, 5) is 15.4. The summed E-state index contributed by atoms with van der Waals surface area (Å²) >= 11 is 5.22. The zero-order valence-corrected chi connectivity index (χ0v) is 12.4. The first kappa shape index (κ1) is 14.3. The fourth-order valence-electron chi connectivity index (χ4n) is 2.04. The zero-order valence-electron chi connectivity index (χ0n) is 11.6. The van der Waals surface area contributed by atoms with Crippen molar-refractivity contribution in [2.24, 2.45) is 0 Å². The van der Waals surface area contributed by atoms with Gasteiger partial charge in [-0.25, -0.2) is 0 Å². The van der Waals surface area contributed by atoms with E-state index in [9.17, 15) is 9.90 Å². The third-order valence-corrected chi connectivity index (χ3v) is 3.66. The lowest BCUT2D eigenvalue weighted by Crippen LogP contribution is -2.30. The van der Waals surface area contributed by atoms with E-state index in [4.69, 9.17) is 17.0 Å². The second-order valence-corrected chi connectivity index (χ2v) is 4.72. The Hall–Kier alpha value is -2.08.